The van der Waals surface area contributed by atoms with Crippen molar-refractivity contribution < 1.29 is 14.3 Å². The van der Waals surface area contributed by atoms with E-state index in [-0.39, 0.29) is 11.7 Å². The van der Waals surface area contributed by atoms with Crippen LogP contribution in [0.15, 0.2) is 24.3 Å². The van der Waals surface area contributed by atoms with Crippen LogP contribution < -0.4 is 15.2 Å². The third-order valence-electron chi connectivity index (χ3n) is 3.07. The summed E-state index contributed by atoms with van der Waals surface area (Å²) in [4.78, 5) is 13.8. The third-order valence-corrected chi connectivity index (χ3v) is 3.07. The molecule has 0 bridgehead atoms. The first-order valence-corrected chi connectivity index (χ1v) is 6.33. The lowest BCUT2D eigenvalue weighted by Gasteiger charge is -2.19. The van der Waals surface area contributed by atoms with E-state index in [1.165, 1.54) is 6.07 Å². The lowest BCUT2D eigenvalue weighted by molar-refractivity contribution is 0.0778. The second kappa shape index (κ2) is 6.17. The van der Waals surface area contributed by atoms with Gasteiger partial charge in [0.1, 0.15) is 11.5 Å². The summed E-state index contributed by atoms with van der Waals surface area (Å²) in [5.74, 6) is 1.32. The van der Waals surface area contributed by atoms with Gasteiger partial charge in [-0.2, -0.15) is 5.10 Å². The molecule has 0 aliphatic rings. The number of hydrogen-bond acceptors (Lipinski definition) is 5. The van der Waals surface area contributed by atoms with E-state index < -0.39 is 0 Å². The van der Waals surface area contributed by atoms with Crippen molar-refractivity contribution in [1.82, 2.24) is 15.1 Å². The molecule has 0 atom stereocenters. The van der Waals surface area contributed by atoms with Gasteiger partial charge in [0.2, 0.25) is 0 Å². The first-order chi connectivity index (χ1) is 10.1. The molecule has 21 heavy (non-hydrogen) atoms. The molecule has 0 aliphatic carbocycles. The summed E-state index contributed by atoms with van der Waals surface area (Å²) in [5.41, 5.74) is 6.69. The molecule has 2 rings (SSSR count). The summed E-state index contributed by atoms with van der Waals surface area (Å²) in [5, 5.41) is 6.35. The van der Waals surface area contributed by atoms with Gasteiger partial charge in [0.15, 0.2) is 11.5 Å². The summed E-state index contributed by atoms with van der Waals surface area (Å²) in [7, 11) is 4.83. The van der Waals surface area contributed by atoms with E-state index in [0.717, 1.165) is 5.56 Å². The summed E-state index contributed by atoms with van der Waals surface area (Å²) < 4.78 is 10.6. The molecule has 0 spiro atoms. The van der Waals surface area contributed by atoms with Gasteiger partial charge in [0.25, 0.3) is 5.91 Å². The Labute approximate surface area is 122 Å². The molecule has 2 aromatic rings. The fourth-order valence-corrected chi connectivity index (χ4v) is 2.06. The predicted molar refractivity (Wildman–Crippen MR) is 78.3 cm³/mol. The molecule has 0 unspecified atom stereocenters. The molecule has 1 aromatic carbocycles. The van der Waals surface area contributed by atoms with Crippen molar-refractivity contribution in [2.45, 2.75) is 6.54 Å². The van der Waals surface area contributed by atoms with E-state index in [2.05, 4.69) is 10.2 Å². The molecule has 1 heterocycles. The smallest absolute Gasteiger partial charge is 0.271 e. The minimum absolute atomic E-state index is 0.205. The molecule has 1 aromatic heterocycles. The number of carbonyl (C=O) groups excluding carboxylic acids is 1. The number of amides is 1. The Kier molecular flexibility index (Phi) is 4.32. The second-order valence-corrected chi connectivity index (χ2v) is 4.52. The molecule has 0 fully saturated rings. The molecule has 3 N–H and O–H groups in total. The third kappa shape index (κ3) is 3.07. The number of aromatic nitrogens is 2. The van der Waals surface area contributed by atoms with Gasteiger partial charge in [-0.1, -0.05) is 12.1 Å². The van der Waals surface area contributed by atoms with Gasteiger partial charge in [-0.05, 0) is 6.07 Å². The maximum Gasteiger partial charge on any atom is 0.271 e. The van der Waals surface area contributed by atoms with Crippen molar-refractivity contribution in [2.75, 3.05) is 27.0 Å². The van der Waals surface area contributed by atoms with Crippen molar-refractivity contribution in [1.29, 1.82) is 0 Å². The number of rotatable bonds is 5. The molecule has 0 saturated heterocycles. The van der Waals surface area contributed by atoms with Crippen LogP contribution >= 0.6 is 0 Å². The average molecular weight is 290 g/mol. The maximum absolute atomic E-state index is 12.2. The van der Waals surface area contributed by atoms with Crippen LogP contribution in [0.2, 0.25) is 0 Å². The summed E-state index contributed by atoms with van der Waals surface area (Å²) in [6, 6.07) is 7.04. The highest BCUT2D eigenvalue weighted by Gasteiger charge is 2.17. The molecule has 0 aliphatic heterocycles. The summed E-state index contributed by atoms with van der Waals surface area (Å²) in [6.45, 7) is 0.373. The largest absolute Gasteiger partial charge is 0.493 e. The number of H-pyrrole nitrogens is 1. The zero-order valence-electron chi connectivity index (χ0n) is 12.2. The fourth-order valence-electron chi connectivity index (χ4n) is 2.06. The Bertz CT molecular complexity index is 639. The Morgan fingerprint density at radius 3 is 2.71 bits per heavy atom. The lowest BCUT2D eigenvalue weighted by atomic mass is 10.1. The highest BCUT2D eigenvalue weighted by Crippen LogP contribution is 2.31. The Morgan fingerprint density at radius 2 is 2.14 bits per heavy atom. The number of nitrogens with zero attached hydrogens (tertiary/aromatic N) is 2. The number of ether oxygens (including phenoxy) is 2. The maximum atomic E-state index is 12.2. The topological polar surface area (TPSA) is 93.5 Å². The normalized spacial score (nSPS) is 10.2. The van der Waals surface area contributed by atoms with Gasteiger partial charge in [0.05, 0.1) is 14.2 Å². The van der Waals surface area contributed by atoms with Crippen LogP contribution in [0.5, 0.6) is 11.5 Å². The number of hydrogen-bond donors (Lipinski definition) is 2. The van der Waals surface area contributed by atoms with Crippen LogP contribution in [-0.2, 0) is 6.54 Å². The minimum atomic E-state index is -0.205. The van der Waals surface area contributed by atoms with Crippen LogP contribution in [0.1, 0.15) is 16.1 Å². The van der Waals surface area contributed by atoms with E-state index in [4.69, 9.17) is 15.2 Å². The number of nitrogen functional groups attached to an aromatic ring is 1. The first-order valence-electron chi connectivity index (χ1n) is 6.33. The van der Waals surface area contributed by atoms with Gasteiger partial charge < -0.3 is 20.1 Å². The molecule has 7 nitrogen and oxygen atoms in total. The van der Waals surface area contributed by atoms with E-state index >= 15 is 0 Å². The molecule has 112 valence electrons. The van der Waals surface area contributed by atoms with E-state index in [1.54, 1.807) is 32.2 Å². The number of methoxy groups -OCH3 is 2. The fraction of sp³-hybridized carbons (Fsp3) is 0.286. The lowest BCUT2D eigenvalue weighted by Crippen LogP contribution is -2.26. The number of benzene rings is 1. The van der Waals surface area contributed by atoms with Crippen molar-refractivity contribution in [3.05, 3.63) is 35.5 Å². The van der Waals surface area contributed by atoms with Crippen LogP contribution in [0.3, 0.4) is 0 Å². The monoisotopic (exact) mass is 290 g/mol. The highest BCUT2D eigenvalue weighted by atomic mass is 16.5. The number of para-hydroxylation sites is 1. The highest BCUT2D eigenvalue weighted by molar-refractivity contribution is 5.92. The molecular formula is C14H18N4O3. The molecule has 1 amide bonds. The number of aromatic amines is 1. The number of anilines is 1. The Morgan fingerprint density at radius 1 is 1.38 bits per heavy atom. The number of nitrogens with two attached hydrogens (primary N) is 1. The van der Waals surface area contributed by atoms with E-state index in [9.17, 15) is 4.79 Å². The first kappa shape index (κ1) is 14.7. The van der Waals surface area contributed by atoms with Gasteiger partial charge in [-0.25, -0.2) is 0 Å². The van der Waals surface area contributed by atoms with Gasteiger partial charge in [-0.3, -0.25) is 9.89 Å². The van der Waals surface area contributed by atoms with Crippen molar-refractivity contribution >= 4 is 11.7 Å². The van der Waals surface area contributed by atoms with Crippen molar-refractivity contribution in [2.24, 2.45) is 0 Å². The summed E-state index contributed by atoms with van der Waals surface area (Å²) >= 11 is 0. The van der Waals surface area contributed by atoms with Gasteiger partial charge in [0, 0.05) is 25.2 Å². The number of nitrogens with one attached hydrogen (secondary N) is 1. The zero-order chi connectivity index (χ0) is 15.4. The van der Waals surface area contributed by atoms with E-state index in [1.807, 2.05) is 12.1 Å². The Hall–Kier alpha value is -2.70. The van der Waals surface area contributed by atoms with Crippen LogP contribution in [-0.4, -0.2) is 42.3 Å². The van der Waals surface area contributed by atoms with E-state index in [0.29, 0.717) is 23.7 Å². The minimum Gasteiger partial charge on any atom is -0.493 e. The van der Waals surface area contributed by atoms with Crippen molar-refractivity contribution in [3.8, 4) is 11.5 Å². The van der Waals surface area contributed by atoms with Gasteiger partial charge in [-0.15, -0.1) is 0 Å². The second-order valence-electron chi connectivity index (χ2n) is 4.52. The zero-order valence-corrected chi connectivity index (χ0v) is 12.2. The standard InChI is InChI=1S/C14H18N4O3/c1-18(14(19)10-7-12(15)17-16-10)8-9-5-4-6-11(20-2)13(9)21-3/h4-7H,8H2,1-3H3,(H3,15,16,17). The predicted octanol–water partition coefficient (Wildman–Crippen LogP) is 1.28. The average Bonchev–Trinajstić information content (AvgIpc) is 2.92. The molecular weight excluding hydrogens is 272 g/mol. The Balaban J connectivity index is 2.19. The van der Waals surface area contributed by atoms with Crippen LogP contribution in [0.25, 0.3) is 0 Å². The van der Waals surface area contributed by atoms with Gasteiger partial charge >= 0.3 is 0 Å². The summed E-state index contributed by atoms with van der Waals surface area (Å²) in [6.07, 6.45) is 0. The van der Waals surface area contributed by atoms with Crippen LogP contribution in [0.4, 0.5) is 5.82 Å². The van der Waals surface area contributed by atoms with Crippen molar-refractivity contribution in [3.63, 3.8) is 0 Å². The SMILES string of the molecule is COc1cccc(CN(C)C(=O)c2cc(N)n[nH]2)c1OC. The number of carbonyl (C=O) groups is 1. The molecule has 0 saturated carbocycles. The molecule has 7 heteroatoms. The molecule has 0 radical (unpaired) electrons. The van der Waals surface area contributed by atoms with Crippen LogP contribution in [0, 0.1) is 0 Å². The quantitative estimate of drug-likeness (QED) is 0.865.